The van der Waals surface area contributed by atoms with Gasteiger partial charge in [0, 0.05) is 0 Å². The van der Waals surface area contributed by atoms with Crippen molar-refractivity contribution in [1.82, 2.24) is 4.90 Å². The van der Waals surface area contributed by atoms with Crippen LogP contribution in [0.2, 0.25) is 0 Å². The first kappa shape index (κ1) is 19.8. The molecular weight excluding hydrogens is 376 g/mol. The second kappa shape index (κ2) is 7.23. The molecule has 0 N–H and O–H groups in total. The van der Waals surface area contributed by atoms with Gasteiger partial charge >= 0.3 is 0 Å². The zero-order valence-electron chi connectivity index (χ0n) is 19.1. The Morgan fingerprint density at radius 3 is 1.58 bits per heavy atom. The van der Waals surface area contributed by atoms with Gasteiger partial charge in [0.2, 0.25) is 0 Å². The highest BCUT2D eigenvalue weighted by molar-refractivity contribution is 6.08. The molecule has 0 aliphatic carbocycles. The zero-order valence-corrected chi connectivity index (χ0v) is 19.1. The normalized spacial score (nSPS) is 18.9. The number of hydrogen-bond donors (Lipinski definition) is 0. The topological polar surface area (TPSA) is 15.6 Å². The molecule has 0 saturated carbocycles. The van der Waals surface area contributed by atoms with Gasteiger partial charge in [0.15, 0.2) is 0 Å². The predicted molar refractivity (Wildman–Crippen MR) is 134 cm³/mol. The molecule has 2 atom stereocenters. The monoisotopic (exact) mass is 406 g/mol. The van der Waals surface area contributed by atoms with Gasteiger partial charge < -0.3 is 4.90 Å². The van der Waals surface area contributed by atoms with Crippen LogP contribution in [0.25, 0.3) is 32.7 Å². The lowest BCUT2D eigenvalue weighted by Gasteiger charge is -2.33. The van der Waals surface area contributed by atoms with Crippen molar-refractivity contribution >= 4 is 27.9 Å². The molecule has 0 spiro atoms. The minimum Gasteiger partial charge on any atom is -0.349 e. The van der Waals surface area contributed by atoms with Crippen molar-refractivity contribution in [3.8, 4) is 11.1 Å². The Morgan fingerprint density at radius 1 is 0.677 bits per heavy atom. The Labute approximate surface area is 185 Å². The van der Waals surface area contributed by atoms with Gasteiger partial charge in [-0.3, -0.25) is 4.99 Å². The molecule has 1 aliphatic heterocycles. The van der Waals surface area contributed by atoms with E-state index in [1.807, 2.05) is 0 Å². The van der Waals surface area contributed by atoms with E-state index in [4.69, 9.17) is 4.99 Å². The van der Waals surface area contributed by atoms with Crippen LogP contribution in [0.4, 0.5) is 0 Å². The first-order valence-corrected chi connectivity index (χ1v) is 11.2. The number of hydrogen-bond acceptors (Lipinski definition) is 1. The van der Waals surface area contributed by atoms with Gasteiger partial charge in [-0.15, -0.1) is 0 Å². The van der Waals surface area contributed by atoms with Crippen molar-refractivity contribution in [2.45, 2.75) is 52.2 Å². The summed E-state index contributed by atoms with van der Waals surface area (Å²) in [6.45, 7) is 11.1. The zero-order chi connectivity index (χ0) is 21.8. The summed E-state index contributed by atoms with van der Waals surface area (Å²) < 4.78 is 0. The summed E-state index contributed by atoms with van der Waals surface area (Å²) in [5.41, 5.74) is 5.36. The van der Waals surface area contributed by atoms with E-state index >= 15 is 0 Å². The van der Waals surface area contributed by atoms with Crippen molar-refractivity contribution in [1.29, 1.82) is 0 Å². The van der Waals surface area contributed by atoms with Crippen molar-refractivity contribution in [2.24, 2.45) is 4.99 Å². The summed E-state index contributed by atoms with van der Waals surface area (Å²) in [6.07, 6.45) is 2.08. The van der Waals surface area contributed by atoms with E-state index in [1.165, 1.54) is 43.8 Å². The van der Waals surface area contributed by atoms with E-state index in [1.54, 1.807) is 0 Å². The van der Waals surface area contributed by atoms with Gasteiger partial charge in [0.05, 0.1) is 24.0 Å². The third-order valence-electron chi connectivity index (χ3n) is 6.55. The lowest BCUT2D eigenvalue weighted by Crippen LogP contribution is -2.29. The second-order valence-corrected chi connectivity index (χ2v) is 9.72. The number of aliphatic imine (C=N–C) groups is 1. The van der Waals surface area contributed by atoms with Crippen LogP contribution in [0.15, 0.2) is 77.8 Å². The van der Waals surface area contributed by atoms with Crippen LogP contribution in [-0.4, -0.2) is 16.8 Å². The average molecular weight is 407 g/mol. The Morgan fingerprint density at radius 2 is 1.13 bits per heavy atom. The molecule has 1 heterocycles. The molecule has 2 nitrogen and oxygen atoms in total. The largest absolute Gasteiger partial charge is 0.349 e. The van der Waals surface area contributed by atoms with Crippen molar-refractivity contribution in [3.05, 3.63) is 83.9 Å². The Balaban J connectivity index is 1.90. The first-order valence-electron chi connectivity index (χ1n) is 11.2. The quantitative estimate of drug-likeness (QED) is 0.231. The van der Waals surface area contributed by atoms with Gasteiger partial charge in [0.25, 0.3) is 0 Å². The summed E-state index contributed by atoms with van der Waals surface area (Å²) >= 11 is 0. The highest BCUT2D eigenvalue weighted by atomic mass is 15.2. The van der Waals surface area contributed by atoms with Crippen LogP contribution in [-0.2, 0) is 0 Å². The molecule has 156 valence electrons. The van der Waals surface area contributed by atoms with Crippen LogP contribution in [0.3, 0.4) is 0 Å². The minimum absolute atomic E-state index is 0.107. The molecule has 31 heavy (non-hydrogen) atoms. The SMILES string of the molecule is C[C@@H]1c2ccc3ccccc3c2-c2c(ccc3ccccc23)[C@H](C)N1C=NC(C)(C)C. The fraction of sp³-hybridized carbons (Fsp3) is 0.276. The lowest BCUT2D eigenvalue weighted by atomic mass is 9.86. The van der Waals surface area contributed by atoms with E-state index in [2.05, 4.69) is 119 Å². The highest BCUT2D eigenvalue weighted by Gasteiger charge is 2.31. The van der Waals surface area contributed by atoms with Gasteiger partial charge in [-0.1, -0.05) is 72.8 Å². The number of fused-ring (bicyclic) bond motifs is 7. The summed E-state index contributed by atoms with van der Waals surface area (Å²) in [5, 5.41) is 5.23. The molecule has 0 radical (unpaired) electrons. The summed E-state index contributed by atoms with van der Waals surface area (Å²) in [6, 6.07) is 27.2. The molecule has 0 fully saturated rings. The maximum atomic E-state index is 4.89. The third kappa shape index (κ3) is 3.31. The standard InChI is InChI=1S/C29H30N2/c1-19-23-16-14-21-10-6-8-12-25(21)27(23)28-24(17-15-22-11-7-9-13-26(22)28)20(2)31(19)18-30-29(3,4)5/h6-20H,1-5H3/t19-,20+. The minimum atomic E-state index is -0.107. The number of rotatable bonds is 1. The smallest absolute Gasteiger partial charge is 0.0866 e. The lowest BCUT2D eigenvalue weighted by molar-refractivity contribution is 0.279. The molecule has 0 unspecified atom stereocenters. The Bertz CT molecular complexity index is 1220. The predicted octanol–water partition coefficient (Wildman–Crippen LogP) is 7.92. The first-order chi connectivity index (χ1) is 14.8. The molecule has 0 saturated heterocycles. The third-order valence-corrected chi connectivity index (χ3v) is 6.55. The number of benzene rings is 4. The van der Waals surface area contributed by atoms with Crippen molar-refractivity contribution in [3.63, 3.8) is 0 Å². The Hall–Kier alpha value is -3.13. The van der Waals surface area contributed by atoms with E-state index in [0.717, 1.165) is 0 Å². The highest BCUT2D eigenvalue weighted by Crippen LogP contribution is 2.48. The van der Waals surface area contributed by atoms with E-state index in [-0.39, 0.29) is 17.6 Å². The summed E-state index contributed by atoms with van der Waals surface area (Å²) in [7, 11) is 0. The Kier molecular flexibility index (Phi) is 4.62. The molecule has 0 amide bonds. The average Bonchev–Trinajstić information content (AvgIpc) is 2.85. The van der Waals surface area contributed by atoms with E-state index in [0.29, 0.717) is 0 Å². The van der Waals surface area contributed by atoms with E-state index < -0.39 is 0 Å². The van der Waals surface area contributed by atoms with Gasteiger partial charge in [-0.25, -0.2) is 0 Å². The summed E-state index contributed by atoms with van der Waals surface area (Å²) in [4.78, 5) is 7.32. The van der Waals surface area contributed by atoms with Crippen LogP contribution >= 0.6 is 0 Å². The molecule has 1 aliphatic rings. The van der Waals surface area contributed by atoms with Gasteiger partial charge in [0.1, 0.15) is 0 Å². The molecular formula is C29H30N2. The van der Waals surface area contributed by atoms with Gasteiger partial charge in [-0.2, -0.15) is 0 Å². The second-order valence-electron chi connectivity index (χ2n) is 9.72. The van der Waals surface area contributed by atoms with Crippen molar-refractivity contribution < 1.29 is 0 Å². The van der Waals surface area contributed by atoms with Gasteiger partial charge in [-0.05, 0) is 78.4 Å². The molecule has 4 aromatic rings. The fourth-order valence-electron chi connectivity index (χ4n) is 4.93. The van der Waals surface area contributed by atoms with Crippen LogP contribution in [0, 0.1) is 0 Å². The summed E-state index contributed by atoms with van der Waals surface area (Å²) in [5.74, 6) is 0. The molecule has 0 bridgehead atoms. The number of nitrogens with zero attached hydrogens (tertiary/aromatic N) is 2. The van der Waals surface area contributed by atoms with Crippen molar-refractivity contribution in [2.75, 3.05) is 0 Å². The maximum absolute atomic E-state index is 4.89. The van der Waals surface area contributed by atoms with E-state index in [9.17, 15) is 0 Å². The maximum Gasteiger partial charge on any atom is 0.0866 e. The molecule has 2 heteroatoms. The van der Waals surface area contributed by atoms with Crippen LogP contribution in [0.5, 0.6) is 0 Å². The van der Waals surface area contributed by atoms with Crippen LogP contribution < -0.4 is 0 Å². The fourth-order valence-corrected chi connectivity index (χ4v) is 4.93. The molecule has 0 aromatic heterocycles. The molecule has 4 aromatic carbocycles. The molecule has 5 rings (SSSR count). The van der Waals surface area contributed by atoms with Crippen LogP contribution in [0.1, 0.15) is 57.8 Å².